The summed E-state index contributed by atoms with van der Waals surface area (Å²) < 4.78 is 0. The second-order valence-corrected chi connectivity index (χ2v) is 4.44. The van der Waals surface area contributed by atoms with Gasteiger partial charge < -0.3 is 4.90 Å². The quantitative estimate of drug-likeness (QED) is 0.754. The van der Waals surface area contributed by atoms with E-state index < -0.39 is 0 Å². The fourth-order valence-corrected chi connectivity index (χ4v) is 1.97. The van der Waals surface area contributed by atoms with Gasteiger partial charge in [0.15, 0.2) is 0 Å². The van der Waals surface area contributed by atoms with Gasteiger partial charge in [0.1, 0.15) is 0 Å². The summed E-state index contributed by atoms with van der Waals surface area (Å²) in [5.74, 6) is 0.695. The molecule has 0 aliphatic carbocycles. The monoisotopic (exact) mass is 216 g/mol. The van der Waals surface area contributed by atoms with Crippen molar-refractivity contribution in [1.29, 1.82) is 5.26 Å². The van der Waals surface area contributed by atoms with Crippen LogP contribution in [-0.4, -0.2) is 13.6 Å². The highest BCUT2D eigenvalue weighted by atomic mass is 15.1. The van der Waals surface area contributed by atoms with E-state index >= 15 is 0 Å². The van der Waals surface area contributed by atoms with Gasteiger partial charge in [-0.05, 0) is 30.5 Å². The molecule has 0 saturated heterocycles. The van der Waals surface area contributed by atoms with Gasteiger partial charge in [-0.25, -0.2) is 0 Å². The summed E-state index contributed by atoms with van der Waals surface area (Å²) in [4.78, 5) is 2.22. The minimum Gasteiger partial charge on any atom is -0.374 e. The van der Waals surface area contributed by atoms with Crippen molar-refractivity contribution >= 4 is 5.69 Å². The molecule has 16 heavy (non-hydrogen) atoms. The van der Waals surface area contributed by atoms with Gasteiger partial charge in [-0.1, -0.05) is 26.3 Å². The van der Waals surface area contributed by atoms with Crippen LogP contribution in [0.5, 0.6) is 0 Å². The molecule has 0 aromatic heterocycles. The van der Waals surface area contributed by atoms with E-state index in [1.165, 1.54) is 12.8 Å². The number of nitrogens with zero attached hydrogens (tertiary/aromatic N) is 2. The smallest absolute Gasteiger partial charge is 0.0992 e. The SMILES string of the molecule is CCCC(C)CN(C)c1cccc(C#N)c1. The molecule has 0 heterocycles. The summed E-state index contributed by atoms with van der Waals surface area (Å²) in [5.41, 5.74) is 1.86. The maximum atomic E-state index is 8.84. The Labute approximate surface area is 98.5 Å². The van der Waals surface area contributed by atoms with Crippen molar-refractivity contribution in [2.45, 2.75) is 26.7 Å². The van der Waals surface area contributed by atoms with E-state index in [0.717, 1.165) is 17.8 Å². The Hall–Kier alpha value is -1.49. The lowest BCUT2D eigenvalue weighted by Crippen LogP contribution is -2.23. The van der Waals surface area contributed by atoms with Crippen LogP contribution in [0.25, 0.3) is 0 Å². The Morgan fingerprint density at radius 2 is 2.19 bits per heavy atom. The van der Waals surface area contributed by atoms with Crippen molar-refractivity contribution < 1.29 is 0 Å². The van der Waals surface area contributed by atoms with Crippen LogP contribution in [-0.2, 0) is 0 Å². The first kappa shape index (κ1) is 12.6. The van der Waals surface area contributed by atoms with Crippen LogP contribution in [0.15, 0.2) is 24.3 Å². The van der Waals surface area contributed by atoms with Crippen LogP contribution >= 0.6 is 0 Å². The summed E-state index contributed by atoms with van der Waals surface area (Å²) in [6, 6.07) is 9.95. The summed E-state index contributed by atoms with van der Waals surface area (Å²) in [5, 5.41) is 8.84. The summed E-state index contributed by atoms with van der Waals surface area (Å²) in [6.07, 6.45) is 2.48. The summed E-state index contributed by atoms with van der Waals surface area (Å²) in [6.45, 7) is 5.53. The molecule has 1 rings (SSSR count). The van der Waals surface area contributed by atoms with E-state index in [0.29, 0.717) is 5.92 Å². The third-order valence-corrected chi connectivity index (χ3v) is 2.78. The van der Waals surface area contributed by atoms with E-state index in [1.807, 2.05) is 18.2 Å². The molecule has 1 atom stereocenters. The molecule has 2 heteroatoms. The Balaban J connectivity index is 2.65. The number of anilines is 1. The van der Waals surface area contributed by atoms with Crippen molar-refractivity contribution in [2.24, 2.45) is 5.92 Å². The molecule has 86 valence electrons. The molecule has 1 aromatic rings. The molecule has 0 aliphatic heterocycles. The molecule has 0 fully saturated rings. The van der Waals surface area contributed by atoms with E-state index in [-0.39, 0.29) is 0 Å². The molecule has 0 saturated carbocycles. The molecule has 0 radical (unpaired) electrons. The van der Waals surface area contributed by atoms with Gasteiger partial charge in [0.2, 0.25) is 0 Å². The molecular formula is C14H20N2. The Morgan fingerprint density at radius 1 is 1.44 bits per heavy atom. The molecule has 0 N–H and O–H groups in total. The lowest BCUT2D eigenvalue weighted by Gasteiger charge is -2.23. The number of hydrogen-bond donors (Lipinski definition) is 0. The molecule has 0 aliphatic rings. The molecule has 1 aromatic carbocycles. The first-order valence-electron chi connectivity index (χ1n) is 5.88. The van der Waals surface area contributed by atoms with E-state index in [2.05, 4.69) is 37.9 Å². The van der Waals surface area contributed by atoms with Gasteiger partial charge in [0, 0.05) is 19.3 Å². The zero-order valence-electron chi connectivity index (χ0n) is 10.4. The van der Waals surface area contributed by atoms with Gasteiger partial charge in [0.05, 0.1) is 11.6 Å². The topological polar surface area (TPSA) is 27.0 Å². The van der Waals surface area contributed by atoms with Crippen LogP contribution in [0.1, 0.15) is 32.3 Å². The maximum Gasteiger partial charge on any atom is 0.0992 e. The fraction of sp³-hybridized carbons (Fsp3) is 0.500. The van der Waals surface area contributed by atoms with Gasteiger partial charge in [-0.15, -0.1) is 0 Å². The molecule has 2 nitrogen and oxygen atoms in total. The Kier molecular flexibility index (Phi) is 4.85. The number of nitriles is 1. The Morgan fingerprint density at radius 3 is 2.81 bits per heavy atom. The van der Waals surface area contributed by atoms with Gasteiger partial charge >= 0.3 is 0 Å². The van der Waals surface area contributed by atoms with Crippen molar-refractivity contribution in [2.75, 3.05) is 18.5 Å². The molecule has 0 bridgehead atoms. The normalized spacial score (nSPS) is 11.9. The van der Waals surface area contributed by atoms with Gasteiger partial charge in [-0.2, -0.15) is 5.26 Å². The Bertz CT molecular complexity index is 365. The highest BCUT2D eigenvalue weighted by molar-refractivity contribution is 5.50. The van der Waals surface area contributed by atoms with E-state index in [1.54, 1.807) is 0 Å². The third-order valence-electron chi connectivity index (χ3n) is 2.78. The molecular weight excluding hydrogens is 196 g/mol. The average Bonchev–Trinajstić information content (AvgIpc) is 2.29. The first-order chi connectivity index (χ1) is 7.67. The number of hydrogen-bond acceptors (Lipinski definition) is 2. The van der Waals surface area contributed by atoms with Gasteiger partial charge in [-0.3, -0.25) is 0 Å². The number of rotatable bonds is 5. The first-order valence-corrected chi connectivity index (χ1v) is 5.88. The predicted molar refractivity (Wildman–Crippen MR) is 68.5 cm³/mol. The minimum atomic E-state index is 0.695. The summed E-state index contributed by atoms with van der Waals surface area (Å²) >= 11 is 0. The predicted octanol–water partition coefficient (Wildman–Crippen LogP) is 3.43. The number of benzene rings is 1. The second-order valence-electron chi connectivity index (χ2n) is 4.44. The van der Waals surface area contributed by atoms with Crippen molar-refractivity contribution in [1.82, 2.24) is 0 Å². The molecule has 0 spiro atoms. The zero-order chi connectivity index (χ0) is 12.0. The van der Waals surface area contributed by atoms with Gasteiger partial charge in [0.25, 0.3) is 0 Å². The van der Waals surface area contributed by atoms with Crippen molar-refractivity contribution in [3.05, 3.63) is 29.8 Å². The lowest BCUT2D eigenvalue weighted by molar-refractivity contribution is 0.524. The largest absolute Gasteiger partial charge is 0.374 e. The second kappa shape index (κ2) is 6.17. The zero-order valence-corrected chi connectivity index (χ0v) is 10.4. The highest BCUT2D eigenvalue weighted by Gasteiger charge is 2.06. The van der Waals surface area contributed by atoms with Crippen LogP contribution in [0, 0.1) is 17.2 Å². The van der Waals surface area contributed by atoms with Crippen LogP contribution in [0.3, 0.4) is 0 Å². The van der Waals surface area contributed by atoms with Crippen LogP contribution in [0.2, 0.25) is 0 Å². The van der Waals surface area contributed by atoms with Crippen molar-refractivity contribution in [3.63, 3.8) is 0 Å². The fourth-order valence-electron chi connectivity index (χ4n) is 1.97. The maximum absolute atomic E-state index is 8.84. The standard InChI is InChI=1S/C14H20N2/c1-4-6-12(2)11-16(3)14-8-5-7-13(9-14)10-15/h5,7-9,12H,4,6,11H2,1-3H3. The van der Waals surface area contributed by atoms with Crippen LogP contribution < -0.4 is 4.90 Å². The third kappa shape index (κ3) is 3.58. The molecule has 1 unspecified atom stereocenters. The highest BCUT2D eigenvalue weighted by Crippen LogP contribution is 2.17. The van der Waals surface area contributed by atoms with Crippen LogP contribution in [0.4, 0.5) is 5.69 Å². The van der Waals surface area contributed by atoms with E-state index in [9.17, 15) is 0 Å². The van der Waals surface area contributed by atoms with Crippen molar-refractivity contribution in [3.8, 4) is 6.07 Å². The minimum absolute atomic E-state index is 0.695. The van der Waals surface area contributed by atoms with E-state index in [4.69, 9.17) is 5.26 Å². The summed E-state index contributed by atoms with van der Waals surface area (Å²) in [7, 11) is 2.09. The lowest BCUT2D eigenvalue weighted by atomic mass is 10.1. The molecule has 0 amide bonds. The average molecular weight is 216 g/mol.